The minimum absolute atomic E-state index is 0.424. The zero-order valence-corrected chi connectivity index (χ0v) is 34.9. The van der Waals surface area contributed by atoms with Gasteiger partial charge >= 0.3 is 0 Å². The summed E-state index contributed by atoms with van der Waals surface area (Å²) in [6, 6.07) is 18.5. The molecule has 1 heteroatoms. The van der Waals surface area contributed by atoms with Crippen LogP contribution in [-0.4, -0.2) is 0 Å². The number of nitrogens with two attached hydrogens (primary N) is 1. The lowest BCUT2D eigenvalue weighted by Gasteiger charge is -2.33. The van der Waals surface area contributed by atoms with E-state index < -0.39 is 0 Å². The molecule has 0 spiro atoms. The summed E-state index contributed by atoms with van der Waals surface area (Å²) < 4.78 is 0. The molecular weight excluding hydrogens is 615 g/mol. The van der Waals surface area contributed by atoms with Crippen LogP contribution in [-0.2, 0) is 12.8 Å². The van der Waals surface area contributed by atoms with Crippen LogP contribution in [0.25, 0.3) is 0 Å². The van der Waals surface area contributed by atoms with Crippen molar-refractivity contribution in [3.05, 3.63) is 153 Å². The van der Waals surface area contributed by atoms with Crippen LogP contribution in [0.3, 0.4) is 0 Å². The molecule has 0 saturated heterocycles. The summed E-state index contributed by atoms with van der Waals surface area (Å²) in [5.74, 6) is 3.97. The number of allylic oxidation sites excluding steroid dienone is 7. The monoisotopic (exact) mass is 694 g/mol. The van der Waals surface area contributed by atoms with Crippen molar-refractivity contribution in [3.63, 3.8) is 0 Å². The maximum Gasteiger partial charge on any atom is 0.0313 e. The molecule has 0 bridgehead atoms. The second-order valence-corrected chi connectivity index (χ2v) is 14.7. The number of nitrogen functional groups attached to an aromatic ring is 1. The van der Waals surface area contributed by atoms with Crippen molar-refractivity contribution in [2.45, 2.75) is 114 Å². The number of fused-ring (bicyclic) bond motifs is 1. The molecule has 1 fully saturated rings. The SMILES string of the molecule is C=C(C)C.C=CC.C=CC.C=CCCC(C(=C)CC=C)C(CC(=C)C(C)C1Cc2ccccc2C1)C1C(CC)C1(C)C.CC.Nc1ccccc1. The Hall–Kier alpha value is -3.58. The van der Waals surface area contributed by atoms with Crippen molar-refractivity contribution in [2.24, 2.45) is 40.9 Å². The van der Waals surface area contributed by atoms with Gasteiger partial charge in [-0.1, -0.05) is 145 Å². The lowest BCUT2D eigenvalue weighted by Crippen LogP contribution is -2.24. The fourth-order valence-corrected chi connectivity index (χ4v) is 7.51. The first-order chi connectivity index (χ1) is 24.2. The van der Waals surface area contributed by atoms with Crippen LogP contribution >= 0.6 is 0 Å². The summed E-state index contributed by atoms with van der Waals surface area (Å²) in [7, 11) is 0. The van der Waals surface area contributed by atoms with Crippen molar-refractivity contribution in [2.75, 3.05) is 5.73 Å². The standard InChI is InChI=1S/C32H46.C6H7N.C4H8.2C3H6.C2H6/c1-9-12-18-28(22(4)15-10-2)29(31-30(11-3)32(31,7)8)19-23(5)24(6)27-20-25-16-13-14-17-26(25)21-27;7-6-4-2-1-3-5-6;1-4(2)3;2*1-3-2;1-2/h9-10,13-14,16-17,24,27-31H,1-2,4-5,11-12,15,18-21H2,3,6-8H3;1-5H,7H2;1H2,2-3H3;2*3H,1H2,2H3;1-2H3. The van der Waals surface area contributed by atoms with Gasteiger partial charge in [0.1, 0.15) is 0 Å². The number of para-hydroxylation sites is 1. The van der Waals surface area contributed by atoms with E-state index in [2.05, 4.69) is 97.5 Å². The van der Waals surface area contributed by atoms with Crippen LogP contribution in [0.4, 0.5) is 5.69 Å². The van der Waals surface area contributed by atoms with Crippen molar-refractivity contribution >= 4 is 5.69 Å². The molecule has 0 aromatic heterocycles. The molecule has 1 saturated carbocycles. The Morgan fingerprint density at radius 1 is 0.824 bits per heavy atom. The van der Waals surface area contributed by atoms with Gasteiger partial charge in [0.2, 0.25) is 0 Å². The van der Waals surface area contributed by atoms with E-state index in [0.29, 0.717) is 29.1 Å². The first-order valence-corrected chi connectivity index (χ1v) is 19.4. The molecule has 0 aliphatic heterocycles. The van der Waals surface area contributed by atoms with Crippen molar-refractivity contribution in [3.8, 4) is 0 Å². The molecule has 5 atom stereocenters. The van der Waals surface area contributed by atoms with Gasteiger partial charge < -0.3 is 5.73 Å². The Morgan fingerprint density at radius 3 is 1.63 bits per heavy atom. The van der Waals surface area contributed by atoms with Crippen LogP contribution in [0.5, 0.6) is 0 Å². The van der Waals surface area contributed by atoms with Crippen molar-refractivity contribution < 1.29 is 0 Å². The largest absolute Gasteiger partial charge is 0.399 e. The average Bonchev–Trinajstić information content (AvgIpc) is 3.40. The Bertz CT molecular complexity index is 1260. The topological polar surface area (TPSA) is 26.0 Å². The molecule has 2 aromatic rings. The summed E-state index contributed by atoms with van der Waals surface area (Å²) in [4.78, 5) is 0. The molecule has 284 valence electrons. The van der Waals surface area contributed by atoms with Gasteiger partial charge in [-0.25, -0.2) is 0 Å². The Morgan fingerprint density at radius 2 is 1.27 bits per heavy atom. The predicted octanol–water partition coefficient (Wildman–Crippen LogP) is 15.3. The van der Waals surface area contributed by atoms with E-state index in [4.69, 9.17) is 12.3 Å². The number of hydrogen-bond donors (Lipinski definition) is 1. The first-order valence-electron chi connectivity index (χ1n) is 19.4. The molecule has 51 heavy (non-hydrogen) atoms. The molecular formula is C50H79N. The summed E-state index contributed by atoms with van der Waals surface area (Å²) in [6.45, 7) is 49.0. The van der Waals surface area contributed by atoms with E-state index in [9.17, 15) is 0 Å². The van der Waals surface area contributed by atoms with Crippen LogP contribution < -0.4 is 5.73 Å². The van der Waals surface area contributed by atoms with Gasteiger partial charge in [-0.15, -0.1) is 32.9 Å². The molecule has 5 unspecified atom stereocenters. The Labute approximate surface area is 318 Å². The van der Waals surface area contributed by atoms with E-state index in [0.717, 1.165) is 43.2 Å². The minimum Gasteiger partial charge on any atom is -0.399 e. The second kappa shape index (κ2) is 28.1. The highest BCUT2D eigenvalue weighted by Crippen LogP contribution is 2.66. The van der Waals surface area contributed by atoms with Gasteiger partial charge in [0.15, 0.2) is 0 Å². The van der Waals surface area contributed by atoms with Crippen molar-refractivity contribution in [1.29, 1.82) is 0 Å². The highest BCUT2D eigenvalue weighted by molar-refractivity contribution is 5.36. The highest BCUT2D eigenvalue weighted by Gasteiger charge is 2.60. The minimum atomic E-state index is 0.424. The molecule has 1 nitrogen and oxygen atoms in total. The van der Waals surface area contributed by atoms with Gasteiger partial charge in [-0.05, 0) is 130 Å². The van der Waals surface area contributed by atoms with Gasteiger partial charge in [-0.2, -0.15) is 0 Å². The quantitative estimate of drug-likeness (QED) is 0.164. The third-order valence-corrected chi connectivity index (χ3v) is 9.90. The zero-order chi connectivity index (χ0) is 39.6. The second-order valence-electron chi connectivity index (χ2n) is 14.7. The van der Waals surface area contributed by atoms with E-state index in [-0.39, 0.29) is 0 Å². The van der Waals surface area contributed by atoms with E-state index in [1.165, 1.54) is 36.0 Å². The molecule has 4 rings (SSSR count). The molecule has 0 heterocycles. The molecule has 2 N–H and O–H groups in total. The van der Waals surface area contributed by atoms with Crippen LogP contribution in [0.1, 0.15) is 112 Å². The van der Waals surface area contributed by atoms with Gasteiger partial charge in [0, 0.05) is 5.69 Å². The van der Waals surface area contributed by atoms with Gasteiger partial charge in [0.25, 0.3) is 0 Å². The number of anilines is 1. The normalized spacial score (nSPS) is 17.5. The maximum atomic E-state index is 5.36. The average molecular weight is 694 g/mol. The van der Waals surface area contributed by atoms with E-state index >= 15 is 0 Å². The highest BCUT2D eigenvalue weighted by atomic mass is 14.6. The van der Waals surface area contributed by atoms with Crippen LogP contribution in [0.2, 0.25) is 0 Å². The summed E-state index contributed by atoms with van der Waals surface area (Å²) >= 11 is 0. The zero-order valence-electron chi connectivity index (χ0n) is 34.9. The Balaban J connectivity index is 0. The lowest BCUT2D eigenvalue weighted by molar-refractivity contribution is 0.265. The van der Waals surface area contributed by atoms with E-state index in [1.807, 2.05) is 78.0 Å². The predicted molar refractivity (Wildman–Crippen MR) is 236 cm³/mol. The van der Waals surface area contributed by atoms with Crippen LogP contribution in [0.15, 0.2) is 142 Å². The smallest absolute Gasteiger partial charge is 0.0313 e. The third-order valence-electron chi connectivity index (χ3n) is 9.90. The fourth-order valence-electron chi connectivity index (χ4n) is 7.51. The maximum absolute atomic E-state index is 5.36. The molecule has 2 aliphatic carbocycles. The summed E-state index contributed by atoms with van der Waals surface area (Å²) in [5.41, 5.74) is 13.7. The van der Waals surface area contributed by atoms with Crippen molar-refractivity contribution in [1.82, 2.24) is 0 Å². The third kappa shape index (κ3) is 18.5. The molecule has 0 amide bonds. The number of rotatable bonds is 13. The molecule has 2 aliphatic rings. The Kier molecular flexibility index (Phi) is 27.3. The molecule has 0 radical (unpaired) electrons. The fraction of sp³-hybridized carbons (Fsp3) is 0.480. The number of benzene rings is 2. The first kappa shape index (κ1) is 49.5. The van der Waals surface area contributed by atoms with Gasteiger partial charge in [0.05, 0.1) is 0 Å². The number of hydrogen-bond acceptors (Lipinski definition) is 1. The van der Waals surface area contributed by atoms with Crippen LogP contribution in [0, 0.1) is 40.9 Å². The summed E-state index contributed by atoms with van der Waals surface area (Å²) in [5, 5.41) is 0. The lowest BCUT2D eigenvalue weighted by atomic mass is 9.72. The van der Waals surface area contributed by atoms with E-state index in [1.54, 1.807) is 23.3 Å². The molecule has 2 aromatic carbocycles. The van der Waals surface area contributed by atoms with Gasteiger partial charge in [-0.3, -0.25) is 0 Å². The summed E-state index contributed by atoms with van der Waals surface area (Å²) in [6.07, 6.45) is 15.6.